The first kappa shape index (κ1) is 12.0. The minimum absolute atomic E-state index is 0.265. The molecule has 0 atom stereocenters. The second kappa shape index (κ2) is 4.78. The first-order valence-electron chi connectivity index (χ1n) is 5.08. The number of rotatable bonds is 4. The maximum Gasteiger partial charge on any atom is 0.274 e. The van der Waals surface area contributed by atoms with Crippen molar-refractivity contribution in [2.75, 3.05) is 5.32 Å². The molecule has 2 rings (SSSR count). The number of nitrogens with one attached hydrogen (secondary N) is 1. The molecule has 0 amide bonds. The maximum atomic E-state index is 13.1. The van der Waals surface area contributed by atoms with Gasteiger partial charge in [-0.15, -0.1) is 0 Å². The van der Waals surface area contributed by atoms with Crippen LogP contribution in [0.5, 0.6) is 0 Å². The van der Waals surface area contributed by atoms with E-state index < -0.39 is 10.7 Å². The first-order chi connectivity index (χ1) is 8.54. The van der Waals surface area contributed by atoms with Crippen LogP contribution in [0.15, 0.2) is 24.5 Å². The summed E-state index contributed by atoms with van der Waals surface area (Å²) in [4.78, 5) is 13.9. The van der Waals surface area contributed by atoms with Crippen molar-refractivity contribution in [3.8, 4) is 0 Å². The summed E-state index contributed by atoms with van der Waals surface area (Å²) in [6, 6.07) is 3.30. The molecule has 0 saturated heterocycles. The molecule has 0 aliphatic carbocycles. The smallest absolute Gasteiger partial charge is 0.274 e. The van der Waals surface area contributed by atoms with Crippen LogP contribution in [0.25, 0.3) is 0 Å². The minimum atomic E-state index is -0.666. The van der Waals surface area contributed by atoms with E-state index in [-0.39, 0.29) is 12.2 Å². The molecule has 7 nitrogen and oxygen atoms in total. The summed E-state index contributed by atoms with van der Waals surface area (Å²) < 4.78 is 14.7. The van der Waals surface area contributed by atoms with Crippen LogP contribution in [-0.4, -0.2) is 19.7 Å². The van der Waals surface area contributed by atoms with Crippen LogP contribution in [0.4, 0.5) is 15.8 Å². The number of nitro benzene ring substituents is 1. The van der Waals surface area contributed by atoms with Crippen LogP contribution in [0, 0.1) is 15.9 Å². The van der Waals surface area contributed by atoms with Gasteiger partial charge in [0.1, 0.15) is 12.1 Å². The molecule has 0 bridgehead atoms. The normalized spacial score (nSPS) is 10.3. The van der Waals surface area contributed by atoms with Crippen molar-refractivity contribution in [2.45, 2.75) is 6.54 Å². The number of nitro groups is 1. The van der Waals surface area contributed by atoms with Crippen molar-refractivity contribution < 1.29 is 9.31 Å². The van der Waals surface area contributed by atoms with Gasteiger partial charge in [0.15, 0.2) is 5.82 Å². The second-order valence-electron chi connectivity index (χ2n) is 3.64. The Kier molecular flexibility index (Phi) is 3.18. The topological polar surface area (TPSA) is 85.9 Å². The number of nitrogens with zero attached hydrogens (tertiary/aromatic N) is 4. The standard InChI is InChI=1S/C10H10FN5O2/c1-15-6-13-10(14-15)5-12-8-2-7(11)3-9(4-8)16(17)18/h2-4,6,12H,5H2,1H3. The molecule has 0 saturated carbocycles. The molecule has 8 heteroatoms. The maximum absolute atomic E-state index is 13.1. The Hall–Kier alpha value is -2.51. The van der Waals surface area contributed by atoms with Gasteiger partial charge in [0.25, 0.3) is 5.69 Å². The molecule has 0 spiro atoms. The summed E-state index contributed by atoms with van der Waals surface area (Å²) in [6.45, 7) is 0.265. The first-order valence-corrected chi connectivity index (χ1v) is 5.08. The summed E-state index contributed by atoms with van der Waals surface area (Å²) in [5.74, 6) is -0.148. The summed E-state index contributed by atoms with van der Waals surface area (Å²) in [5, 5.41) is 17.4. The van der Waals surface area contributed by atoms with E-state index in [2.05, 4.69) is 15.4 Å². The Morgan fingerprint density at radius 1 is 1.50 bits per heavy atom. The third-order valence-electron chi connectivity index (χ3n) is 2.19. The van der Waals surface area contributed by atoms with Crippen LogP contribution in [0.1, 0.15) is 5.82 Å². The third kappa shape index (κ3) is 2.78. The lowest BCUT2D eigenvalue weighted by Gasteiger charge is -2.03. The fourth-order valence-electron chi connectivity index (χ4n) is 1.43. The molecular formula is C10H10FN5O2. The number of anilines is 1. The largest absolute Gasteiger partial charge is 0.377 e. The highest BCUT2D eigenvalue weighted by molar-refractivity contribution is 5.51. The lowest BCUT2D eigenvalue weighted by Crippen LogP contribution is -2.03. The number of halogens is 1. The second-order valence-corrected chi connectivity index (χ2v) is 3.64. The van der Waals surface area contributed by atoms with E-state index in [1.807, 2.05) is 0 Å². The predicted molar refractivity (Wildman–Crippen MR) is 61.4 cm³/mol. The van der Waals surface area contributed by atoms with Crippen molar-refractivity contribution in [1.82, 2.24) is 14.8 Å². The SMILES string of the molecule is Cn1cnc(CNc2cc(F)cc([N+](=O)[O-])c2)n1. The molecule has 2 aromatic rings. The van der Waals surface area contributed by atoms with Crippen LogP contribution in [0.3, 0.4) is 0 Å². The van der Waals surface area contributed by atoms with E-state index in [0.717, 1.165) is 6.07 Å². The Bertz CT molecular complexity index is 583. The van der Waals surface area contributed by atoms with Crippen LogP contribution in [0.2, 0.25) is 0 Å². The molecular weight excluding hydrogens is 241 g/mol. The number of benzene rings is 1. The lowest BCUT2D eigenvalue weighted by molar-refractivity contribution is -0.385. The van der Waals surface area contributed by atoms with E-state index in [4.69, 9.17) is 0 Å². The Morgan fingerprint density at radius 2 is 2.28 bits per heavy atom. The molecule has 0 aliphatic heterocycles. The molecule has 18 heavy (non-hydrogen) atoms. The van der Waals surface area contributed by atoms with Gasteiger partial charge in [0.2, 0.25) is 0 Å². The molecule has 1 aromatic heterocycles. The van der Waals surface area contributed by atoms with Gasteiger partial charge in [0, 0.05) is 18.8 Å². The van der Waals surface area contributed by atoms with E-state index in [1.165, 1.54) is 23.1 Å². The van der Waals surface area contributed by atoms with E-state index in [0.29, 0.717) is 11.5 Å². The van der Waals surface area contributed by atoms with Crippen LogP contribution >= 0.6 is 0 Å². The highest BCUT2D eigenvalue weighted by Crippen LogP contribution is 2.20. The molecule has 0 fully saturated rings. The van der Waals surface area contributed by atoms with Gasteiger partial charge in [-0.1, -0.05) is 0 Å². The van der Waals surface area contributed by atoms with Gasteiger partial charge in [-0.05, 0) is 6.07 Å². The fourth-order valence-corrected chi connectivity index (χ4v) is 1.43. The predicted octanol–water partition coefficient (Wildman–Crippen LogP) is 1.47. The number of aromatic nitrogens is 3. The highest BCUT2D eigenvalue weighted by Gasteiger charge is 2.10. The van der Waals surface area contributed by atoms with Gasteiger partial charge >= 0.3 is 0 Å². The number of aryl methyl sites for hydroxylation is 1. The monoisotopic (exact) mass is 251 g/mol. The van der Waals surface area contributed by atoms with Crippen LogP contribution < -0.4 is 5.32 Å². The van der Waals surface area contributed by atoms with Crippen molar-refractivity contribution in [3.63, 3.8) is 0 Å². The zero-order valence-corrected chi connectivity index (χ0v) is 9.50. The molecule has 0 unspecified atom stereocenters. The zero-order valence-electron chi connectivity index (χ0n) is 9.50. The van der Waals surface area contributed by atoms with E-state index in [9.17, 15) is 14.5 Å². The molecule has 1 N–H and O–H groups in total. The number of hydrogen-bond donors (Lipinski definition) is 1. The van der Waals surface area contributed by atoms with E-state index in [1.54, 1.807) is 7.05 Å². The van der Waals surface area contributed by atoms with Gasteiger partial charge in [0.05, 0.1) is 17.5 Å². The number of non-ortho nitro benzene ring substituents is 1. The Labute approximate surface area is 101 Å². The van der Waals surface area contributed by atoms with Crippen molar-refractivity contribution in [2.24, 2.45) is 7.05 Å². The molecule has 94 valence electrons. The van der Waals surface area contributed by atoms with Gasteiger partial charge in [-0.25, -0.2) is 9.37 Å². The summed E-state index contributed by atoms with van der Waals surface area (Å²) in [5.41, 5.74) is 0.0145. The molecule has 0 aliphatic rings. The average Bonchev–Trinajstić information content (AvgIpc) is 2.72. The van der Waals surface area contributed by atoms with E-state index >= 15 is 0 Å². The van der Waals surface area contributed by atoms with Crippen LogP contribution in [-0.2, 0) is 13.6 Å². The van der Waals surface area contributed by atoms with Gasteiger partial charge < -0.3 is 5.32 Å². The van der Waals surface area contributed by atoms with Crippen molar-refractivity contribution in [3.05, 3.63) is 46.3 Å². The van der Waals surface area contributed by atoms with Crippen molar-refractivity contribution >= 4 is 11.4 Å². The minimum Gasteiger partial charge on any atom is -0.377 e. The summed E-state index contributed by atoms with van der Waals surface area (Å²) in [7, 11) is 1.73. The summed E-state index contributed by atoms with van der Waals surface area (Å²) >= 11 is 0. The average molecular weight is 251 g/mol. The Morgan fingerprint density at radius 3 is 2.89 bits per heavy atom. The summed E-state index contributed by atoms with van der Waals surface area (Å²) in [6.07, 6.45) is 1.53. The molecule has 0 radical (unpaired) electrons. The number of hydrogen-bond acceptors (Lipinski definition) is 5. The van der Waals surface area contributed by atoms with Gasteiger partial charge in [-0.2, -0.15) is 5.10 Å². The molecule has 1 heterocycles. The lowest BCUT2D eigenvalue weighted by atomic mass is 10.2. The molecule has 1 aromatic carbocycles. The van der Waals surface area contributed by atoms with Gasteiger partial charge in [-0.3, -0.25) is 14.8 Å². The quantitative estimate of drug-likeness (QED) is 0.657. The third-order valence-corrected chi connectivity index (χ3v) is 2.19. The van der Waals surface area contributed by atoms with Crippen molar-refractivity contribution in [1.29, 1.82) is 0 Å². The Balaban J connectivity index is 2.11. The highest BCUT2D eigenvalue weighted by atomic mass is 19.1. The fraction of sp³-hybridized carbons (Fsp3) is 0.200. The zero-order chi connectivity index (χ0) is 13.1.